The van der Waals surface area contributed by atoms with Gasteiger partial charge in [-0.05, 0) is 39.8 Å². The molecule has 144 valence electrons. The lowest BCUT2D eigenvalue weighted by Crippen LogP contribution is -2.46. The van der Waals surface area contributed by atoms with Crippen LogP contribution in [0.5, 0.6) is 0 Å². The van der Waals surface area contributed by atoms with Crippen molar-refractivity contribution >= 4 is 5.69 Å². The topological polar surface area (TPSA) is 58.6 Å². The number of ether oxygens (including phenoxy) is 5. The van der Waals surface area contributed by atoms with Crippen LogP contribution in [0.2, 0.25) is 0 Å². The van der Waals surface area contributed by atoms with Crippen molar-refractivity contribution in [1.82, 2.24) is 0 Å². The van der Waals surface area contributed by atoms with E-state index in [1.54, 1.807) is 5.06 Å². The molecule has 0 spiro atoms. The number of hydrogen-bond acceptors (Lipinski definition) is 7. The van der Waals surface area contributed by atoms with Crippen molar-refractivity contribution in [2.45, 2.75) is 70.0 Å². The van der Waals surface area contributed by atoms with Crippen LogP contribution in [0.3, 0.4) is 0 Å². The van der Waals surface area contributed by atoms with Gasteiger partial charge in [-0.25, -0.2) is 0 Å². The van der Waals surface area contributed by atoms with Crippen molar-refractivity contribution < 1.29 is 28.5 Å². The second-order valence-electron chi connectivity index (χ2n) is 7.84. The largest absolute Gasteiger partial charge is 0.348 e. The van der Waals surface area contributed by atoms with Gasteiger partial charge in [-0.15, -0.1) is 0 Å². The summed E-state index contributed by atoms with van der Waals surface area (Å²) in [5, 5.41) is 1.74. The molecule has 3 fully saturated rings. The number of rotatable bonds is 4. The van der Waals surface area contributed by atoms with Crippen LogP contribution < -0.4 is 5.06 Å². The monoisotopic (exact) mass is 365 g/mol. The zero-order chi connectivity index (χ0) is 18.5. The summed E-state index contributed by atoms with van der Waals surface area (Å²) in [4.78, 5) is 6.27. The lowest BCUT2D eigenvalue weighted by Gasteiger charge is -2.31. The summed E-state index contributed by atoms with van der Waals surface area (Å²) < 4.78 is 29.8. The predicted molar refractivity (Wildman–Crippen MR) is 93.3 cm³/mol. The van der Waals surface area contributed by atoms with Gasteiger partial charge in [0.1, 0.15) is 24.4 Å². The van der Waals surface area contributed by atoms with Gasteiger partial charge in [-0.1, -0.05) is 18.2 Å². The van der Waals surface area contributed by atoms with Gasteiger partial charge in [0.25, 0.3) is 0 Å². The van der Waals surface area contributed by atoms with E-state index < -0.39 is 17.9 Å². The molecule has 4 rings (SSSR count). The molecule has 3 heterocycles. The van der Waals surface area contributed by atoms with E-state index in [1.165, 1.54) is 0 Å². The molecule has 3 aliphatic heterocycles. The molecule has 0 aliphatic carbocycles. The minimum absolute atomic E-state index is 0.250. The van der Waals surface area contributed by atoms with E-state index in [1.807, 2.05) is 65.1 Å². The fourth-order valence-corrected chi connectivity index (χ4v) is 3.68. The predicted octanol–water partition coefficient (Wildman–Crippen LogP) is 2.45. The van der Waals surface area contributed by atoms with Crippen LogP contribution in [-0.4, -0.2) is 55.9 Å². The first-order chi connectivity index (χ1) is 12.2. The Kier molecular flexibility index (Phi) is 4.50. The van der Waals surface area contributed by atoms with E-state index in [0.717, 1.165) is 5.69 Å². The Bertz CT molecular complexity index is 636. The Labute approximate surface area is 154 Å². The van der Waals surface area contributed by atoms with E-state index in [4.69, 9.17) is 28.5 Å². The van der Waals surface area contributed by atoms with Crippen molar-refractivity contribution in [3.8, 4) is 0 Å². The highest BCUT2D eigenvalue weighted by Crippen LogP contribution is 2.42. The summed E-state index contributed by atoms with van der Waals surface area (Å²) in [6, 6.07) is 9.87. The molecule has 0 saturated carbocycles. The highest BCUT2D eigenvalue weighted by atomic mass is 16.9. The Morgan fingerprint density at radius 3 is 2.35 bits per heavy atom. The fourth-order valence-electron chi connectivity index (χ4n) is 3.68. The summed E-state index contributed by atoms with van der Waals surface area (Å²) in [5.41, 5.74) is 0.941. The van der Waals surface area contributed by atoms with Crippen LogP contribution in [0, 0.1) is 0 Å². The number of benzene rings is 1. The highest BCUT2D eigenvalue weighted by Gasteiger charge is 2.59. The Balaban J connectivity index is 1.54. The molecule has 7 nitrogen and oxygen atoms in total. The molecule has 0 bridgehead atoms. The number of nitrogens with zero attached hydrogens (tertiary/aromatic N) is 1. The molecule has 0 radical (unpaired) electrons. The SMILES string of the molecule is CN(OC1C2OC(C)(C)O[C@H]2O[C@@H]1[C@H]1COC(C)(C)O1)c1ccccc1. The Hall–Kier alpha value is -1.22. The minimum atomic E-state index is -0.709. The first-order valence-electron chi connectivity index (χ1n) is 9.03. The molecule has 7 heteroatoms. The molecule has 1 aromatic carbocycles. The van der Waals surface area contributed by atoms with Gasteiger partial charge in [-0.3, -0.25) is 9.90 Å². The Morgan fingerprint density at radius 2 is 1.69 bits per heavy atom. The summed E-state index contributed by atoms with van der Waals surface area (Å²) >= 11 is 0. The van der Waals surface area contributed by atoms with Gasteiger partial charge in [0.15, 0.2) is 17.9 Å². The van der Waals surface area contributed by atoms with E-state index in [9.17, 15) is 0 Å². The summed E-state index contributed by atoms with van der Waals surface area (Å²) in [6.07, 6.45) is -1.81. The normalized spacial score (nSPS) is 37.7. The summed E-state index contributed by atoms with van der Waals surface area (Å²) in [7, 11) is 1.87. The molecular weight excluding hydrogens is 338 g/mol. The smallest absolute Gasteiger partial charge is 0.190 e. The minimum Gasteiger partial charge on any atom is -0.348 e. The third-order valence-corrected chi connectivity index (χ3v) is 4.82. The van der Waals surface area contributed by atoms with Crippen LogP contribution >= 0.6 is 0 Å². The lowest BCUT2D eigenvalue weighted by atomic mass is 10.1. The van der Waals surface area contributed by atoms with Crippen molar-refractivity contribution in [1.29, 1.82) is 0 Å². The quantitative estimate of drug-likeness (QED) is 0.760. The molecular formula is C19H27NO6. The van der Waals surface area contributed by atoms with E-state index >= 15 is 0 Å². The van der Waals surface area contributed by atoms with E-state index in [0.29, 0.717) is 6.61 Å². The lowest BCUT2D eigenvalue weighted by molar-refractivity contribution is -0.236. The number of hydrogen-bond donors (Lipinski definition) is 0. The summed E-state index contributed by atoms with van der Waals surface area (Å²) in [5.74, 6) is -1.35. The molecule has 2 unspecified atom stereocenters. The second-order valence-corrected chi connectivity index (χ2v) is 7.84. The van der Waals surface area contributed by atoms with Gasteiger partial charge in [-0.2, -0.15) is 0 Å². The average Bonchev–Trinajstić information content (AvgIpc) is 3.18. The molecule has 3 aliphatic rings. The first kappa shape index (κ1) is 18.2. The zero-order valence-corrected chi connectivity index (χ0v) is 15.9. The third-order valence-electron chi connectivity index (χ3n) is 4.82. The molecule has 3 saturated heterocycles. The van der Waals surface area contributed by atoms with Crippen LogP contribution in [0.1, 0.15) is 27.7 Å². The average molecular weight is 365 g/mol. The zero-order valence-electron chi connectivity index (χ0n) is 15.9. The first-order valence-corrected chi connectivity index (χ1v) is 9.03. The molecule has 5 atom stereocenters. The molecule has 26 heavy (non-hydrogen) atoms. The van der Waals surface area contributed by atoms with E-state index in [2.05, 4.69) is 0 Å². The maximum absolute atomic E-state index is 6.27. The molecule has 0 N–H and O–H groups in total. The molecule has 1 aromatic rings. The van der Waals surface area contributed by atoms with Crippen LogP contribution in [-0.2, 0) is 28.5 Å². The third kappa shape index (κ3) is 3.47. The summed E-state index contributed by atoms with van der Waals surface area (Å²) in [6.45, 7) is 7.98. The molecule has 0 amide bonds. The van der Waals surface area contributed by atoms with Gasteiger partial charge >= 0.3 is 0 Å². The number of anilines is 1. The van der Waals surface area contributed by atoms with Gasteiger partial charge in [0, 0.05) is 7.05 Å². The van der Waals surface area contributed by atoms with Crippen molar-refractivity contribution in [2.24, 2.45) is 0 Å². The maximum Gasteiger partial charge on any atom is 0.190 e. The van der Waals surface area contributed by atoms with Gasteiger partial charge in [0.05, 0.1) is 12.3 Å². The molecule has 0 aromatic heterocycles. The van der Waals surface area contributed by atoms with E-state index in [-0.39, 0.29) is 24.4 Å². The van der Waals surface area contributed by atoms with Gasteiger partial charge < -0.3 is 23.7 Å². The van der Waals surface area contributed by atoms with Gasteiger partial charge in [0.2, 0.25) is 0 Å². The van der Waals surface area contributed by atoms with Crippen molar-refractivity contribution in [3.05, 3.63) is 30.3 Å². The van der Waals surface area contributed by atoms with Crippen LogP contribution in [0.4, 0.5) is 5.69 Å². The van der Waals surface area contributed by atoms with Crippen LogP contribution in [0.25, 0.3) is 0 Å². The number of hydroxylamine groups is 1. The fraction of sp³-hybridized carbons (Fsp3) is 0.684. The second kappa shape index (κ2) is 6.44. The number of fused-ring (bicyclic) bond motifs is 1. The standard InChI is InChI=1S/C19H27NO6/c1-18(2)21-11-13(23-18)14-15(16-17(22-14)25-19(3,4)24-16)26-20(5)12-9-7-6-8-10-12/h6-10,13-17H,11H2,1-5H3/t13-,14-,15?,16?,17-/m1/s1. The van der Waals surface area contributed by atoms with Crippen molar-refractivity contribution in [2.75, 3.05) is 18.7 Å². The number of para-hydroxylation sites is 1. The van der Waals surface area contributed by atoms with Crippen molar-refractivity contribution in [3.63, 3.8) is 0 Å². The highest BCUT2D eigenvalue weighted by molar-refractivity contribution is 5.42. The van der Waals surface area contributed by atoms with Crippen LogP contribution in [0.15, 0.2) is 30.3 Å². The maximum atomic E-state index is 6.27. The Morgan fingerprint density at radius 1 is 0.962 bits per heavy atom.